The summed E-state index contributed by atoms with van der Waals surface area (Å²) in [5.74, 6) is -2.57. The Balaban J connectivity index is 2.49. The summed E-state index contributed by atoms with van der Waals surface area (Å²) in [6.07, 6.45) is -0.0236. The standard InChI is InChI=1S/C6H12F2N2/c7-6(8)2-1-4(9)5(10)3-6/h4-5H,1-3,9-10H2/t4-,5+/m0/s1. The molecule has 1 rings (SSSR count). The summed E-state index contributed by atoms with van der Waals surface area (Å²) >= 11 is 0. The number of halogens is 2. The van der Waals surface area contributed by atoms with E-state index in [9.17, 15) is 8.78 Å². The van der Waals surface area contributed by atoms with Crippen LogP contribution in [0.4, 0.5) is 8.78 Å². The number of hydrogen-bond acceptors (Lipinski definition) is 2. The van der Waals surface area contributed by atoms with Gasteiger partial charge in [0, 0.05) is 24.9 Å². The van der Waals surface area contributed by atoms with E-state index in [1.54, 1.807) is 0 Å². The third kappa shape index (κ3) is 1.64. The van der Waals surface area contributed by atoms with Crippen LogP contribution in [0.2, 0.25) is 0 Å². The second-order valence-corrected chi connectivity index (χ2v) is 2.93. The van der Waals surface area contributed by atoms with Crippen LogP contribution in [0.1, 0.15) is 19.3 Å². The summed E-state index contributed by atoms with van der Waals surface area (Å²) < 4.78 is 25.0. The van der Waals surface area contributed by atoms with Crippen molar-refractivity contribution in [1.29, 1.82) is 0 Å². The molecule has 0 radical (unpaired) electrons. The fourth-order valence-electron chi connectivity index (χ4n) is 1.19. The lowest BCUT2D eigenvalue weighted by Gasteiger charge is -2.31. The molecule has 4 heteroatoms. The van der Waals surface area contributed by atoms with Crippen molar-refractivity contribution >= 4 is 0 Å². The zero-order chi connectivity index (χ0) is 7.78. The van der Waals surface area contributed by atoms with Gasteiger partial charge < -0.3 is 11.5 Å². The minimum atomic E-state index is -2.57. The van der Waals surface area contributed by atoms with Crippen LogP contribution in [0.5, 0.6) is 0 Å². The summed E-state index contributed by atoms with van der Waals surface area (Å²) in [6, 6.07) is -0.761. The predicted molar refractivity (Wildman–Crippen MR) is 34.7 cm³/mol. The Hall–Kier alpha value is -0.220. The highest BCUT2D eigenvalue weighted by Crippen LogP contribution is 2.31. The van der Waals surface area contributed by atoms with Gasteiger partial charge in [0.05, 0.1) is 0 Å². The van der Waals surface area contributed by atoms with Gasteiger partial charge >= 0.3 is 0 Å². The number of alkyl halides is 2. The minimum absolute atomic E-state index is 0.109. The molecule has 0 unspecified atom stereocenters. The molecule has 2 atom stereocenters. The third-order valence-electron chi connectivity index (χ3n) is 1.93. The molecule has 0 saturated heterocycles. The van der Waals surface area contributed by atoms with E-state index >= 15 is 0 Å². The zero-order valence-electron chi connectivity index (χ0n) is 5.69. The first-order valence-corrected chi connectivity index (χ1v) is 3.40. The fraction of sp³-hybridized carbons (Fsp3) is 1.00. The van der Waals surface area contributed by atoms with Gasteiger partial charge in [-0.05, 0) is 6.42 Å². The predicted octanol–water partition coefficient (Wildman–Crippen LogP) is 0.460. The normalized spacial score (nSPS) is 39.6. The highest BCUT2D eigenvalue weighted by Gasteiger charge is 2.38. The van der Waals surface area contributed by atoms with Crippen molar-refractivity contribution in [3.63, 3.8) is 0 Å². The van der Waals surface area contributed by atoms with Gasteiger partial charge in [0.25, 0.3) is 0 Å². The first-order valence-electron chi connectivity index (χ1n) is 3.40. The molecule has 0 aromatic rings. The molecule has 1 aliphatic carbocycles. The molecular formula is C6H12F2N2. The minimum Gasteiger partial charge on any atom is -0.326 e. The summed E-state index contributed by atoms with van der Waals surface area (Å²) in [5, 5.41) is 0. The van der Waals surface area contributed by atoms with Crippen LogP contribution >= 0.6 is 0 Å². The van der Waals surface area contributed by atoms with Crippen LogP contribution in [0.15, 0.2) is 0 Å². The van der Waals surface area contributed by atoms with Crippen molar-refractivity contribution in [3.05, 3.63) is 0 Å². The van der Waals surface area contributed by atoms with Crippen LogP contribution in [-0.2, 0) is 0 Å². The molecule has 0 spiro atoms. The quantitative estimate of drug-likeness (QED) is 0.527. The smallest absolute Gasteiger partial charge is 0.249 e. The lowest BCUT2D eigenvalue weighted by molar-refractivity contribution is -0.0439. The number of hydrogen-bond donors (Lipinski definition) is 2. The maximum Gasteiger partial charge on any atom is 0.249 e. The lowest BCUT2D eigenvalue weighted by Crippen LogP contribution is -2.49. The van der Waals surface area contributed by atoms with Gasteiger partial charge in [-0.25, -0.2) is 8.78 Å². The van der Waals surface area contributed by atoms with Crippen molar-refractivity contribution in [3.8, 4) is 0 Å². The molecule has 0 bridgehead atoms. The molecule has 0 aromatic heterocycles. The van der Waals surface area contributed by atoms with E-state index in [0.717, 1.165) is 0 Å². The van der Waals surface area contributed by atoms with Crippen LogP contribution in [-0.4, -0.2) is 18.0 Å². The summed E-state index contributed by atoms with van der Waals surface area (Å²) in [5.41, 5.74) is 10.8. The molecule has 0 aliphatic heterocycles. The topological polar surface area (TPSA) is 52.0 Å². The van der Waals surface area contributed by atoms with Crippen molar-refractivity contribution in [2.75, 3.05) is 0 Å². The van der Waals surface area contributed by atoms with Crippen molar-refractivity contribution in [2.45, 2.75) is 37.3 Å². The van der Waals surface area contributed by atoms with Crippen molar-refractivity contribution in [2.24, 2.45) is 11.5 Å². The van der Waals surface area contributed by atoms with Crippen LogP contribution in [0, 0.1) is 0 Å². The van der Waals surface area contributed by atoms with E-state index in [4.69, 9.17) is 11.5 Å². The average molecular weight is 150 g/mol. The van der Waals surface area contributed by atoms with Crippen LogP contribution in [0.3, 0.4) is 0 Å². The van der Waals surface area contributed by atoms with E-state index in [0.29, 0.717) is 6.42 Å². The summed E-state index contributed by atoms with van der Waals surface area (Å²) in [4.78, 5) is 0. The van der Waals surface area contributed by atoms with Gasteiger partial charge in [0.2, 0.25) is 5.92 Å². The molecule has 60 valence electrons. The van der Waals surface area contributed by atoms with E-state index < -0.39 is 12.0 Å². The number of nitrogens with two attached hydrogens (primary N) is 2. The van der Waals surface area contributed by atoms with Gasteiger partial charge in [-0.2, -0.15) is 0 Å². The maximum atomic E-state index is 12.5. The fourth-order valence-corrected chi connectivity index (χ4v) is 1.19. The average Bonchev–Trinajstić information content (AvgIpc) is 1.79. The van der Waals surface area contributed by atoms with Gasteiger partial charge in [-0.15, -0.1) is 0 Å². The van der Waals surface area contributed by atoms with Gasteiger partial charge in [0.1, 0.15) is 0 Å². The highest BCUT2D eigenvalue weighted by molar-refractivity contribution is 4.88. The van der Waals surface area contributed by atoms with Crippen LogP contribution < -0.4 is 11.5 Å². The SMILES string of the molecule is N[C@@H]1CC(F)(F)CC[C@@H]1N. The Bertz CT molecular complexity index is 127. The number of rotatable bonds is 0. The Morgan fingerprint density at radius 1 is 1.20 bits per heavy atom. The molecule has 1 fully saturated rings. The lowest BCUT2D eigenvalue weighted by atomic mass is 9.89. The van der Waals surface area contributed by atoms with E-state index in [-0.39, 0.29) is 18.9 Å². The zero-order valence-corrected chi connectivity index (χ0v) is 5.69. The maximum absolute atomic E-state index is 12.5. The van der Waals surface area contributed by atoms with Crippen molar-refractivity contribution in [1.82, 2.24) is 0 Å². The molecule has 0 amide bonds. The molecule has 1 aliphatic rings. The van der Waals surface area contributed by atoms with E-state index in [1.165, 1.54) is 0 Å². The Morgan fingerprint density at radius 3 is 2.20 bits per heavy atom. The highest BCUT2D eigenvalue weighted by atomic mass is 19.3. The van der Waals surface area contributed by atoms with Gasteiger partial charge in [-0.3, -0.25) is 0 Å². The van der Waals surface area contributed by atoms with Crippen molar-refractivity contribution < 1.29 is 8.78 Å². The molecule has 0 heterocycles. The van der Waals surface area contributed by atoms with Gasteiger partial charge in [0.15, 0.2) is 0 Å². The summed E-state index contributed by atoms with van der Waals surface area (Å²) in [7, 11) is 0. The monoisotopic (exact) mass is 150 g/mol. The van der Waals surface area contributed by atoms with Crippen LogP contribution in [0.25, 0.3) is 0 Å². The van der Waals surface area contributed by atoms with E-state index in [1.807, 2.05) is 0 Å². The second-order valence-electron chi connectivity index (χ2n) is 2.93. The van der Waals surface area contributed by atoms with Gasteiger partial charge in [-0.1, -0.05) is 0 Å². The first kappa shape index (κ1) is 7.88. The molecule has 1 saturated carbocycles. The third-order valence-corrected chi connectivity index (χ3v) is 1.93. The first-order chi connectivity index (χ1) is 4.51. The molecular weight excluding hydrogens is 138 g/mol. The van der Waals surface area contributed by atoms with E-state index in [2.05, 4.69) is 0 Å². The second kappa shape index (κ2) is 2.43. The molecule has 2 nitrogen and oxygen atoms in total. The Morgan fingerprint density at radius 2 is 1.80 bits per heavy atom. The summed E-state index contributed by atoms with van der Waals surface area (Å²) in [6.45, 7) is 0. The Labute approximate surface area is 58.6 Å². The molecule has 0 aromatic carbocycles. The largest absolute Gasteiger partial charge is 0.326 e. The Kier molecular flexibility index (Phi) is 1.92. The molecule has 4 N–H and O–H groups in total. The molecule has 10 heavy (non-hydrogen) atoms.